The van der Waals surface area contributed by atoms with Crippen molar-refractivity contribution >= 4 is 9.84 Å². The highest BCUT2D eigenvalue weighted by atomic mass is 32.2. The predicted molar refractivity (Wildman–Crippen MR) is 70.9 cm³/mol. The van der Waals surface area contributed by atoms with Crippen molar-refractivity contribution in [2.75, 3.05) is 18.8 Å². The van der Waals surface area contributed by atoms with E-state index in [4.69, 9.17) is 0 Å². The summed E-state index contributed by atoms with van der Waals surface area (Å²) in [6.45, 7) is 2.12. The molecule has 1 aliphatic heterocycles. The molecule has 1 aliphatic carbocycles. The van der Waals surface area contributed by atoms with Crippen LogP contribution in [0.3, 0.4) is 0 Å². The van der Waals surface area contributed by atoms with Gasteiger partial charge in [0.25, 0.3) is 0 Å². The van der Waals surface area contributed by atoms with Crippen LogP contribution in [-0.4, -0.2) is 32.5 Å². The molecular formula is C13H25NO2S. The van der Waals surface area contributed by atoms with Gasteiger partial charge in [-0.25, -0.2) is 8.42 Å². The van der Waals surface area contributed by atoms with Gasteiger partial charge in [0.05, 0.1) is 11.0 Å². The maximum Gasteiger partial charge on any atom is 0.153 e. The number of nitrogens with one attached hydrogen (secondary N) is 1. The zero-order valence-corrected chi connectivity index (χ0v) is 11.5. The van der Waals surface area contributed by atoms with Crippen LogP contribution in [0.1, 0.15) is 51.4 Å². The Hall–Kier alpha value is -0.0900. The summed E-state index contributed by atoms with van der Waals surface area (Å²) in [5.41, 5.74) is 0. The summed E-state index contributed by atoms with van der Waals surface area (Å²) in [4.78, 5) is 0. The van der Waals surface area contributed by atoms with Gasteiger partial charge in [-0.2, -0.15) is 0 Å². The quantitative estimate of drug-likeness (QED) is 0.841. The van der Waals surface area contributed by atoms with Crippen LogP contribution in [0, 0.1) is 5.92 Å². The van der Waals surface area contributed by atoms with Gasteiger partial charge in [-0.3, -0.25) is 0 Å². The molecule has 1 unspecified atom stereocenters. The summed E-state index contributed by atoms with van der Waals surface area (Å²) < 4.78 is 24.4. The maximum atomic E-state index is 12.2. The third-order valence-electron chi connectivity index (χ3n) is 4.27. The van der Waals surface area contributed by atoms with Crippen LogP contribution in [0.2, 0.25) is 0 Å². The van der Waals surface area contributed by atoms with Crippen LogP contribution >= 0.6 is 0 Å². The van der Waals surface area contributed by atoms with E-state index in [1.165, 1.54) is 19.3 Å². The van der Waals surface area contributed by atoms with E-state index >= 15 is 0 Å². The lowest BCUT2D eigenvalue weighted by molar-refractivity contribution is 0.368. The molecule has 1 heterocycles. The zero-order valence-electron chi connectivity index (χ0n) is 10.7. The zero-order chi connectivity index (χ0) is 12.1. The first-order valence-electron chi connectivity index (χ1n) is 7.11. The van der Waals surface area contributed by atoms with E-state index in [1.54, 1.807) is 0 Å². The third-order valence-corrected chi connectivity index (χ3v) is 6.56. The summed E-state index contributed by atoms with van der Waals surface area (Å²) in [5, 5.41) is 3.34. The summed E-state index contributed by atoms with van der Waals surface area (Å²) >= 11 is 0. The second-order valence-corrected chi connectivity index (χ2v) is 8.03. The summed E-state index contributed by atoms with van der Waals surface area (Å²) in [6, 6.07) is 0. The molecule has 3 nitrogen and oxygen atoms in total. The fourth-order valence-corrected chi connectivity index (χ4v) is 5.14. The largest absolute Gasteiger partial charge is 0.316 e. The minimum Gasteiger partial charge on any atom is -0.316 e. The molecule has 1 N–H and O–H groups in total. The molecule has 0 aromatic carbocycles. The lowest BCUT2D eigenvalue weighted by Crippen LogP contribution is -2.32. The van der Waals surface area contributed by atoms with Crippen LogP contribution in [0.25, 0.3) is 0 Å². The van der Waals surface area contributed by atoms with Gasteiger partial charge in [-0.15, -0.1) is 0 Å². The highest BCUT2D eigenvalue weighted by Gasteiger charge is 2.27. The molecule has 0 aromatic rings. The van der Waals surface area contributed by atoms with E-state index in [2.05, 4.69) is 5.32 Å². The molecule has 17 heavy (non-hydrogen) atoms. The van der Waals surface area contributed by atoms with Crippen LogP contribution in [0.5, 0.6) is 0 Å². The van der Waals surface area contributed by atoms with Crippen molar-refractivity contribution in [3.05, 3.63) is 0 Å². The standard InChI is InChI=1S/C13H25NO2S/c15-17(16,13-6-2-1-3-7-13)10-8-12-5-4-9-14-11-12/h12-14H,1-11H2. The molecule has 1 saturated heterocycles. The van der Waals surface area contributed by atoms with Crippen molar-refractivity contribution in [2.24, 2.45) is 5.92 Å². The first-order valence-corrected chi connectivity index (χ1v) is 8.82. The molecular weight excluding hydrogens is 234 g/mol. The minimum absolute atomic E-state index is 0.0206. The predicted octanol–water partition coefficient (Wildman–Crippen LogP) is 2.12. The van der Waals surface area contributed by atoms with Gasteiger partial charge in [-0.1, -0.05) is 19.3 Å². The molecule has 0 aromatic heterocycles. The molecule has 2 aliphatic rings. The average Bonchev–Trinajstić information content (AvgIpc) is 2.39. The SMILES string of the molecule is O=S(=O)(CCC1CCCNC1)C1CCCCC1. The molecule has 1 saturated carbocycles. The summed E-state index contributed by atoms with van der Waals surface area (Å²) in [5.74, 6) is 1.01. The van der Waals surface area contributed by atoms with Crippen LogP contribution < -0.4 is 5.32 Å². The van der Waals surface area contributed by atoms with E-state index < -0.39 is 9.84 Å². The number of rotatable bonds is 4. The summed E-state index contributed by atoms with van der Waals surface area (Å²) in [7, 11) is -2.81. The Labute approximate surface area is 105 Å². The first-order chi connectivity index (χ1) is 8.18. The number of sulfone groups is 1. The number of hydrogen-bond donors (Lipinski definition) is 1. The van der Waals surface area contributed by atoms with E-state index in [1.807, 2.05) is 0 Å². The molecule has 0 bridgehead atoms. The fourth-order valence-electron chi connectivity index (χ4n) is 3.09. The van der Waals surface area contributed by atoms with Gasteiger partial charge in [0.1, 0.15) is 0 Å². The number of hydrogen-bond acceptors (Lipinski definition) is 3. The first kappa shape index (κ1) is 13.3. The second-order valence-electron chi connectivity index (χ2n) is 5.63. The molecule has 4 heteroatoms. The van der Waals surface area contributed by atoms with Gasteiger partial charge < -0.3 is 5.32 Å². The van der Waals surface area contributed by atoms with Crippen molar-refractivity contribution in [1.82, 2.24) is 5.32 Å². The molecule has 2 rings (SSSR count). The third kappa shape index (κ3) is 3.95. The van der Waals surface area contributed by atoms with Gasteiger partial charge in [0.15, 0.2) is 9.84 Å². The lowest BCUT2D eigenvalue weighted by Gasteiger charge is -2.25. The highest BCUT2D eigenvalue weighted by molar-refractivity contribution is 7.92. The maximum absolute atomic E-state index is 12.2. The summed E-state index contributed by atoms with van der Waals surface area (Å²) in [6.07, 6.45) is 8.52. The Bertz CT molecular complexity index is 314. The fraction of sp³-hybridized carbons (Fsp3) is 1.00. The Morgan fingerprint density at radius 1 is 1.00 bits per heavy atom. The van der Waals surface area contributed by atoms with Gasteiger partial charge in [0, 0.05) is 0 Å². The molecule has 100 valence electrons. The van der Waals surface area contributed by atoms with Crippen LogP contribution in [0.4, 0.5) is 0 Å². The van der Waals surface area contributed by atoms with Crippen LogP contribution in [0.15, 0.2) is 0 Å². The molecule has 0 spiro atoms. The van der Waals surface area contributed by atoms with Crippen molar-refractivity contribution in [3.8, 4) is 0 Å². The van der Waals surface area contributed by atoms with E-state index in [-0.39, 0.29) is 5.25 Å². The van der Waals surface area contributed by atoms with E-state index in [9.17, 15) is 8.42 Å². The highest BCUT2D eigenvalue weighted by Crippen LogP contribution is 2.25. The Morgan fingerprint density at radius 2 is 1.76 bits per heavy atom. The molecule has 2 fully saturated rings. The molecule has 1 atom stereocenters. The molecule has 0 amide bonds. The Kier molecular flexibility index (Phi) is 4.86. The van der Waals surface area contributed by atoms with Crippen molar-refractivity contribution in [3.63, 3.8) is 0 Å². The smallest absolute Gasteiger partial charge is 0.153 e. The van der Waals surface area contributed by atoms with Gasteiger partial charge in [-0.05, 0) is 51.1 Å². The van der Waals surface area contributed by atoms with E-state index in [0.717, 1.165) is 45.2 Å². The average molecular weight is 259 g/mol. The minimum atomic E-state index is -2.81. The number of piperidine rings is 1. The van der Waals surface area contributed by atoms with Gasteiger partial charge in [0.2, 0.25) is 0 Å². The van der Waals surface area contributed by atoms with Crippen molar-refractivity contribution < 1.29 is 8.42 Å². The topological polar surface area (TPSA) is 46.2 Å². The van der Waals surface area contributed by atoms with E-state index in [0.29, 0.717) is 11.7 Å². The normalized spacial score (nSPS) is 28.1. The van der Waals surface area contributed by atoms with Crippen LogP contribution in [-0.2, 0) is 9.84 Å². The Morgan fingerprint density at radius 3 is 2.41 bits per heavy atom. The van der Waals surface area contributed by atoms with Gasteiger partial charge >= 0.3 is 0 Å². The van der Waals surface area contributed by atoms with Crippen molar-refractivity contribution in [1.29, 1.82) is 0 Å². The molecule has 0 radical (unpaired) electrons. The lowest BCUT2D eigenvalue weighted by atomic mass is 9.97. The van der Waals surface area contributed by atoms with Crippen molar-refractivity contribution in [2.45, 2.75) is 56.6 Å². The Balaban J connectivity index is 1.79. The second kappa shape index (κ2) is 6.19. The monoisotopic (exact) mass is 259 g/mol.